The van der Waals surface area contributed by atoms with Crippen LogP contribution in [-0.4, -0.2) is 111 Å². The maximum Gasteiger partial charge on any atom is 0.345 e. The summed E-state index contributed by atoms with van der Waals surface area (Å²) >= 11 is 1.69. The highest BCUT2D eigenvalue weighted by Crippen LogP contribution is 2.72. The van der Waals surface area contributed by atoms with E-state index in [9.17, 15) is 27.4 Å². The summed E-state index contributed by atoms with van der Waals surface area (Å²) in [6.45, 7) is 15.5. The molecule has 76 heavy (non-hydrogen) atoms. The number of nitrogens with one attached hydrogen (secondary N) is 1. The molecule has 4 aliphatic rings. The minimum atomic E-state index is -3.94. The van der Waals surface area contributed by atoms with E-state index in [0.717, 1.165) is 80.3 Å². The van der Waals surface area contributed by atoms with Crippen molar-refractivity contribution < 1.29 is 49.7 Å². The standard InChI is InChI=1S/C56H91N5O11P2S2/c1-10-68-73(64,69-11-2)53(74(65,70-12-3)71-13-4)24-18-35-75-36-33-57-52(63)28-25-40(5)46-26-27-47-54-48(30-32-56(46,47)7)55(6)31-29-43(37-41(55)38-50(54)62)61-39-42(58-59-61)19-14-15-34-72-76(66,67)51-23-17-20-44-45(51)21-16-22-49(44)60(8)9/h16-17,20-23,39-41,43,46-48,50,53-54,62H,10-15,18-19,24-38H2,1-9H3,(H,57,63)/t40-,41?,43-,46-,47+,48+,50-,54+,55+,56-/m1/s1. The third-order valence-corrected chi connectivity index (χ3v) is 26.7. The van der Waals surface area contributed by atoms with Gasteiger partial charge in [-0.15, -0.1) is 5.10 Å². The number of hydrogen-bond acceptors (Lipinski definition) is 15. The lowest BCUT2D eigenvalue weighted by Gasteiger charge is -2.62. The third kappa shape index (κ3) is 13.7. The van der Waals surface area contributed by atoms with E-state index in [4.69, 9.17) is 22.3 Å². The lowest BCUT2D eigenvalue weighted by Crippen LogP contribution is -2.58. The number of fused-ring (bicyclic) bond motifs is 6. The zero-order valence-corrected chi connectivity index (χ0v) is 50.5. The predicted molar refractivity (Wildman–Crippen MR) is 303 cm³/mol. The first-order chi connectivity index (χ1) is 36.3. The van der Waals surface area contributed by atoms with Crippen LogP contribution < -0.4 is 10.2 Å². The molecular formula is C56H91N5O11P2S2. The molecular weight excluding hydrogens is 1040 g/mol. The fourth-order valence-electron chi connectivity index (χ4n) is 14.5. The Hall–Kier alpha value is -2.37. The van der Waals surface area contributed by atoms with E-state index in [2.05, 4.69) is 47.3 Å². The number of aryl methyl sites for hydroxylation is 1. The molecule has 1 aromatic heterocycles. The summed E-state index contributed by atoms with van der Waals surface area (Å²) in [7, 11) is -7.60. The first-order valence-corrected chi connectivity index (χ1v) is 34.4. The quantitative estimate of drug-likeness (QED) is 0.0363. The van der Waals surface area contributed by atoms with E-state index in [-0.39, 0.29) is 66.8 Å². The summed E-state index contributed by atoms with van der Waals surface area (Å²) in [6.07, 6.45) is 14.6. The van der Waals surface area contributed by atoms with Crippen LogP contribution in [0.1, 0.15) is 150 Å². The SMILES string of the molecule is CCOP(=O)(OCC)C(CCCSCCNC(=O)CC[C@@H](C)[C@H]1CC[C@H]2[C@@H]3[C@H](O)CC4C[C@H](n5cc(CCCCOS(=O)(=O)c6cccc7c(N(C)C)cccc67)nn5)CC[C@]4(C)[C@H]3CC[C@]12C)P(=O)(OCC)OCC. The molecule has 0 aliphatic heterocycles. The van der Waals surface area contributed by atoms with Crippen LogP contribution in [0.4, 0.5) is 5.69 Å². The summed E-state index contributed by atoms with van der Waals surface area (Å²) in [6, 6.07) is 11.2. The van der Waals surface area contributed by atoms with Gasteiger partial charge in [0.15, 0.2) is 5.40 Å². The molecule has 2 aromatic carbocycles. The third-order valence-electron chi connectivity index (χ3n) is 18.1. The van der Waals surface area contributed by atoms with Crippen LogP contribution in [0.5, 0.6) is 0 Å². The maximum absolute atomic E-state index is 13.8. The number of benzene rings is 2. The number of anilines is 1. The Labute approximate surface area is 459 Å². The highest BCUT2D eigenvalue weighted by atomic mass is 32.2. The molecule has 0 bridgehead atoms. The fourth-order valence-corrected chi connectivity index (χ4v) is 22.0. The number of carbonyl (C=O) groups is 1. The lowest BCUT2D eigenvalue weighted by atomic mass is 9.43. The van der Waals surface area contributed by atoms with Crippen LogP contribution in [-0.2, 0) is 52.7 Å². The van der Waals surface area contributed by atoms with E-state index in [1.54, 1.807) is 51.6 Å². The Morgan fingerprint density at radius 3 is 2.20 bits per heavy atom. The van der Waals surface area contributed by atoms with Crippen LogP contribution in [0.25, 0.3) is 10.8 Å². The number of unbranched alkanes of at least 4 members (excludes halogenated alkanes) is 1. The number of hydrogen-bond donors (Lipinski definition) is 2. The molecule has 10 atom stereocenters. The Kier molecular flexibility index (Phi) is 21.7. The van der Waals surface area contributed by atoms with Crippen LogP contribution in [0.3, 0.4) is 0 Å². The van der Waals surface area contributed by atoms with Crippen molar-refractivity contribution >= 4 is 59.4 Å². The highest BCUT2D eigenvalue weighted by molar-refractivity contribution is 7.99. The predicted octanol–water partition coefficient (Wildman–Crippen LogP) is 12.3. The Bertz CT molecular complexity index is 2540. The van der Waals surface area contributed by atoms with Crippen LogP contribution in [0.2, 0.25) is 0 Å². The first-order valence-electron chi connectivity index (χ1n) is 28.6. The number of carbonyl (C=O) groups excluding carboxylic acids is 1. The van der Waals surface area contributed by atoms with Crippen molar-refractivity contribution in [2.24, 2.45) is 46.3 Å². The minimum absolute atomic E-state index is 0.0759. The number of thioether (sulfide) groups is 1. The van der Waals surface area contributed by atoms with E-state index in [1.165, 1.54) is 6.42 Å². The van der Waals surface area contributed by atoms with Gasteiger partial charge in [-0.2, -0.15) is 20.2 Å². The molecule has 0 saturated heterocycles. The van der Waals surface area contributed by atoms with Gasteiger partial charge >= 0.3 is 15.2 Å². The number of rotatable bonds is 30. The molecule has 1 heterocycles. The molecule has 0 radical (unpaired) electrons. The van der Waals surface area contributed by atoms with Gasteiger partial charge < -0.3 is 33.4 Å². The summed E-state index contributed by atoms with van der Waals surface area (Å²) in [5.74, 6) is 4.14. The molecule has 4 aliphatic carbocycles. The molecule has 7 rings (SSSR count). The van der Waals surface area contributed by atoms with Gasteiger partial charge in [0, 0.05) is 55.5 Å². The molecule has 4 saturated carbocycles. The van der Waals surface area contributed by atoms with E-state index in [0.29, 0.717) is 85.3 Å². The lowest BCUT2D eigenvalue weighted by molar-refractivity contribution is -0.169. The van der Waals surface area contributed by atoms with Gasteiger partial charge in [-0.3, -0.25) is 18.1 Å². The number of aliphatic hydroxyl groups excluding tert-OH is 1. The van der Waals surface area contributed by atoms with Crippen molar-refractivity contribution in [2.75, 3.05) is 70.1 Å². The van der Waals surface area contributed by atoms with E-state index in [1.807, 2.05) is 43.3 Å². The number of aromatic nitrogens is 3. The summed E-state index contributed by atoms with van der Waals surface area (Å²) in [5.41, 5.74) is 2.17. The van der Waals surface area contributed by atoms with Gasteiger partial charge in [0.2, 0.25) is 5.91 Å². The average Bonchev–Trinajstić information content (AvgIpc) is 4.02. The van der Waals surface area contributed by atoms with Crippen LogP contribution >= 0.6 is 27.0 Å². The molecule has 1 amide bonds. The van der Waals surface area contributed by atoms with Crippen molar-refractivity contribution in [3.05, 3.63) is 48.3 Å². The molecule has 1 unspecified atom stereocenters. The van der Waals surface area contributed by atoms with E-state index < -0.39 is 30.7 Å². The molecule has 16 nitrogen and oxygen atoms in total. The highest BCUT2D eigenvalue weighted by Gasteiger charge is 2.63. The topological polar surface area (TPSA) is 198 Å². The van der Waals surface area contributed by atoms with Crippen molar-refractivity contribution in [3.63, 3.8) is 0 Å². The number of amides is 1. The van der Waals surface area contributed by atoms with Crippen molar-refractivity contribution in [1.82, 2.24) is 20.3 Å². The fraction of sp³-hybridized carbons (Fsp3) is 0.768. The molecule has 428 valence electrons. The Morgan fingerprint density at radius 1 is 0.855 bits per heavy atom. The largest absolute Gasteiger partial charge is 0.393 e. The van der Waals surface area contributed by atoms with E-state index >= 15 is 0 Å². The molecule has 4 fully saturated rings. The molecule has 3 aromatic rings. The van der Waals surface area contributed by atoms with Gasteiger partial charge in [0.1, 0.15) is 4.90 Å². The maximum atomic E-state index is 13.8. The van der Waals surface area contributed by atoms with Gasteiger partial charge in [-0.1, -0.05) is 50.3 Å². The first kappa shape index (κ1) is 61.3. The van der Waals surface area contributed by atoms with Gasteiger partial charge in [-0.25, -0.2) is 4.68 Å². The molecule has 20 heteroatoms. The second kappa shape index (κ2) is 26.9. The normalized spacial score (nSPS) is 27.3. The Balaban J connectivity index is 0.830. The Morgan fingerprint density at radius 2 is 1.51 bits per heavy atom. The smallest absolute Gasteiger partial charge is 0.345 e. The molecule has 2 N–H and O–H groups in total. The van der Waals surface area contributed by atoms with Crippen LogP contribution in [0, 0.1) is 46.3 Å². The second-order valence-corrected chi connectivity index (χ2v) is 30.4. The van der Waals surface area contributed by atoms with Crippen molar-refractivity contribution in [3.8, 4) is 0 Å². The van der Waals surface area contributed by atoms with Crippen molar-refractivity contribution in [2.45, 2.75) is 167 Å². The zero-order chi connectivity index (χ0) is 54.9. The summed E-state index contributed by atoms with van der Waals surface area (Å²) < 4.78 is 84.4. The molecule has 0 spiro atoms. The van der Waals surface area contributed by atoms with Crippen molar-refractivity contribution in [1.29, 1.82) is 0 Å². The number of aliphatic hydroxyl groups is 1. The van der Waals surface area contributed by atoms with Gasteiger partial charge in [0.25, 0.3) is 10.1 Å². The zero-order valence-electron chi connectivity index (χ0n) is 47.0. The second-order valence-electron chi connectivity index (χ2n) is 22.8. The monoisotopic (exact) mass is 1140 g/mol. The minimum Gasteiger partial charge on any atom is -0.393 e. The number of nitrogens with zero attached hydrogens (tertiary/aromatic N) is 4. The van der Waals surface area contributed by atoms with Gasteiger partial charge in [-0.05, 0) is 182 Å². The summed E-state index contributed by atoms with van der Waals surface area (Å²) in [4.78, 5) is 15.3. The summed E-state index contributed by atoms with van der Waals surface area (Å²) in [5, 5.41) is 24.9. The average molecular weight is 1140 g/mol. The van der Waals surface area contributed by atoms with Crippen LogP contribution in [0.15, 0.2) is 47.5 Å². The van der Waals surface area contributed by atoms with Gasteiger partial charge in [0.05, 0.1) is 50.9 Å².